The van der Waals surface area contributed by atoms with E-state index in [1.54, 1.807) is 20.3 Å². The maximum Gasteiger partial charge on any atom is 0.316 e. The van der Waals surface area contributed by atoms with Crippen LogP contribution in [0.5, 0.6) is 0 Å². The third-order valence-corrected chi connectivity index (χ3v) is 2.98. The van der Waals surface area contributed by atoms with E-state index in [0.717, 1.165) is 18.0 Å². The monoisotopic (exact) mass is 293 g/mol. The second kappa shape index (κ2) is 8.12. The molecule has 104 valence electrons. The van der Waals surface area contributed by atoms with E-state index in [1.165, 1.54) is 16.2 Å². The van der Waals surface area contributed by atoms with Gasteiger partial charge in [-0.15, -0.1) is 23.7 Å². The molecule has 0 saturated heterocycles. The number of likely N-dealkylation sites (N-methyl/N-ethyl adjacent to an activating group) is 1. The summed E-state index contributed by atoms with van der Waals surface area (Å²) in [5, 5.41) is 3.40. The number of thiazole rings is 1. The van der Waals surface area contributed by atoms with Crippen molar-refractivity contribution in [1.82, 2.24) is 20.1 Å². The second-order valence-electron chi connectivity index (χ2n) is 4.03. The molecule has 3 N–H and O–H groups in total. The third kappa shape index (κ3) is 6.04. The number of halogens is 1. The highest BCUT2D eigenvalue weighted by molar-refractivity contribution is 7.15. The Labute approximate surface area is 118 Å². The number of nitrogens with two attached hydrogens (primary N) is 1. The highest BCUT2D eigenvalue weighted by Gasteiger charge is 2.05. The molecule has 0 bridgehead atoms. The molecular formula is C10H20ClN5OS. The molecule has 18 heavy (non-hydrogen) atoms. The molecule has 0 aromatic carbocycles. The van der Waals surface area contributed by atoms with Gasteiger partial charge in [0, 0.05) is 44.8 Å². The molecule has 2 amide bonds. The molecule has 0 aliphatic heterocycles. The molecule has 6 nitrogen and oxygen atoms in total. The largest absolute Gasteiger partial charge is 0.375 e. The molecule has 0 spiro atoms. The molecule has 0 fully saturated rings. The SMILES string of the molecule is CN(CCNC(=O)N(C)C)Cc1cnc(N)s1.Cl. The van der Waals surface area contributed by atoms with Crippen molar-refractivity contribution in [3.8, 4) is 0 Å². The van der Waals surface area contributed by atoms with Crippen molar-refractivity contribution in [3.63, 3.8) is 0 Å². The molecule has 0 aliphatic carbocycles. The lowest BCUT2D eigenvalue weighted by molar-refractivity contribution is 0.215. The number of nitrogen functional groups attached to an aromatic ring is 1. The van der Waals surface area contributed by atoms with Gasteiger partial charge in [-0.3, -0.25) is 4.90 Å². The Morgan fingerprint density at radius 3 is 2.67 bits per heavy atom. The molecule has 1 aromatic rings. The van der Waals surface area contributed by atoms with Crippen LogP contribution in [0, 0.1) is 0 Å². The molecule has 0 unspecified atom stereocenters. The number of rotatable bonds is 5. The standard InChI is InChI=1S/C10H19N5OS.ClH/c1-14(2)10(16)12-4-5-15(3)7-8-6-13-9(11)17-8;/h6H,4-5,7H2,1-3H3,(H2,11,13)(H,12,16);1H. The summed E-state index contributed by atoms with van der Waals surface area (Å²) in [4.78, 5) is 20.0. The molecule has 0 atom stereocenters. The Bertz CT molecular complexity index is 371. The topological polar surface area (TPSA) is 74.5 Å². The quantitative estimate of drug-likeness (QED) is 0.844. The van der Waals surface area contributed by atoms with Gasteiger partial charge in [-0.05, 0) is 7.05 Å². The minimum absolute atomic E-state index is 0. The lowest BCUT2D eigenvalue weighted by Crippen LogP contribution is -2.38. The first-order valence-corrected chi connectivity index (χ1v) is 6.14. The van der Waals surface area contributed by atoms with Gasteiger partial charge >= 0.3 is 6.03 Å². The van der Waals surface area contributed by atoms with Crippen LogP contribution in [-0.2, 0) is 6.54 Å². The van der Waals surface area contributed by atoms with E-state index in [2.05, 4.69) is 15.2 Å². The first-order valence-electron chi connectivity index (χ1n) is 5.33. The van der Waals surface area contributed by atoms with Crippen LogP contribution in [0.15, 0.2) is 6.20 Å². The van der Waals surface area contributed by atoms with Crippen LogP contribution >= 0.6 is 23.7 Å². The van der Waals surface area contributed by atoms with Gasteiger partial charge in [-0.1, -0.05) is 0 Å². The van der Waals surface area contributed by atoms with Crippen molar-refractivity contribution < 1.29 is 4.79 Å². The normalized spacial score (nSPS) is 10.0. The summed E-state index contributed by atoms with van der Waals surface area (Å²) in [6, 6.07) is -0.0690. The van der Waals surface area contributed by atoms with Gasteiger partial charge in [0.05, 0.1) is 0 Å². The number of carbonyl (C=O) groups is 1. The number of nitrogens with zero attached hydrogens (tertiary/aromatic N) is 3. The summed E-state index contributed by atoms with van der Waals surface area (Å²) in [5.41, 5.74) is 5.55. The van der Waals surface area contributed by atoms with Crippen molar-refractivity contribution in [2.75, 3.05) is 40.0 Å². The first kappa shape index (κ1) is 16.9. The zero-order valence-corrected chi connectivity index (χ0v) is 12.5. The average molecular weight is 294 g/mol. The maximum absolute atomic E-state index is 11.3. The fourth-order valence-corrected chi connectivity index (χ4v) is 2.02. The smallest absolute Gasteiger partial charge is 0.316 e. The molecule has 1 heterocycles. The van der Waals surface area contributed by atoms with Crippen molar-refractivity contribution >= 4 is 34.9 Å². The number of amides is 2. The van der Waals surface area contributed by atoms with E-state index >= 15 is 0 Å². The Balaban J connectivity index is 0.00000289. The van der Waals surface area contributed by atoms with Gasteiger partial charge in [0.2, 0.25) is 0 Å². The summed E-state index contributed by atoms with van der Waals surface area (Å²) >= 11 is 1.49. The van der Waals surface area contributed by atoms with Crippen LogP contribution in [0.1, 0.15) is 4.88 Å². The zero-order chi connectivity index (χ0) is 12.8. The lowest BCUT2D eigenvalue weighted by Gasteiger charge is -2.17. The van der Waals surface area contributed by atoms with E-state index < -0.39 is 0 Å². The van der Waals surface area contributed by atoms with Gasteiger partial charge in [0.1, 0.15) is 0 Å². The van der Waals surface area contributed by atoms with Crippen LogP contribution in [0.2, 0.25) is 0 Å². The minimum atomic E-state index is -0.0690. The number of urea groups is 1. The van der Waals surface area contributed by atoms with E-state index in [4.69, 9.17) is 5.73 Å². The van der Waals surface area contributed by atoms with Crippen molar-refractivity contribution in [2.45, 2.75) is 6.54 Å². The predicted octanol–water partition coefficient (Wildman–Crippen LogP) is 0.850. The second-order valence-corrected chi connectivity index (χ2v) is 5.18. The van der Waals surface area contributed by atoms with Crippen LogP contribution in [0.4, 0.5) is 9.93 Å². The van der Waals surface area contributed by atoms with Crippen LogP contribution < -0.4 is 11.1 Å². The molecule has 8 heteroatoms. The van der Waals surface area contributed by atoms with Crippen molar-refractivity contribution in [1.29, 1.82) is 0 Å². The Morgan fingerprint density at radius 1 is 1.50 bits per heavy atom. The van der Waals surface area contributed by atoms with Crippen LogP contribution in [0.25, 0.3) is 0 Å². The van der Waals surface area contributed by atoms with Gasteiger partial charge in [0.25, 0.3) is 0 Å². The van der Waals surface area contributed by atoms with Gasteiger partial charge in [-0.2, -0.15) is 0 Å². The highest BCUT2D eigenvalue weighted by atomic mass is 35.5. The first-order chi connectivity index (χ1) is 7.99. The zero-order valence-electron chi connectivity index (χ0n) is 10.8. The number of hydrogen-bond donors (Lipinski definition) is 2. The van der Waals surface area contributed by atoms with E-state index in [0.29, 0.717) is 11.7 Å². The Hall–Kier alpha value is -1.05. The summed E-state index contributed by atoms with van der Waals surface area (Å²) in [6.45, 7) is 2.21. The van der Waals surface area contributed by atoms with E-state index in [1.807, 2.05) is 7.05 Å². The van der Waals surface area contributed by atoms with Crippen molar-refractivity contribution in [3.05, 3.63) is 11.1 Å². The molecular weight excluding hydrogens is 274 g/mol. The Kier molecular flexibility index (Phi) is 7.65. The molecule has 0 saturated carbocycles. The fourth-order valence-electron chi connectivity index (χ4n) is 1.25. The summed E-state index contributed by atoms with van der Waals surface area (Å²) in [5.74, 6) is 0. The number of aromatic nitrogens is 1. The molecule has 0 radical (unpaired) electrons. The summed E-state index contributed by atoms with van der Waals surface area (Å²) < 4.78 is 0. The highest BCUT2D eigenvalue weighted by Crippen LogP contribution is 2.15. The van der Waals surface area contributed by atoms with Crippen LogP contribution in [-0.4, -0.2) is 55.0 Å². The summed E-state index contributed by atoms with van der Waals surface area (Å²) in [6.07, 6.45) is 1.79. The molecule has 1 aromatic heterocycles. The van der Waals surface area contributed by atoms with Gasteiger partial charge < -0.3 is 16.0 Å². The lowest BCUT2D eigenvalue weighted by atomic mass is 10.4. The minimum Gasteiger partial charge on any atom is -0.375 e. The van der Waals surface area contributed by atoms with E-state index in [9.17, 15) is 4.79 Å². The number of hydrogen-bond acceptors (Lipinski definition) is 5. The van der Waals surface area contributed by atoms with Crippen LogP contribution in [0.3, 0.4) is 0 Å². The van der Waals surface area contributed by atoms with E-state index in [-0.39, 0.29) is 18.4 Å². The van der Waals surface area contributed by atoms with Gasteiger partial charge in [0.15, 0.2) is 5.13 Å². The average Bonchev–Trinajstić information content (AvgIpc) is 2.63. The number of nitrogens with one attached hydrogen (secondary N) is 1. The number of carbonyl (C=O) groups excluding carboxylic acids is 1. The fraction of sp³-hybridized carbons (Fsp3) is 0.600. The van der Waals surface area contributed by atoms with Crippen molar-refractivity contribution in [2.24, 2.45) is 0 Å². The van der Waals surface area contributed by atoms with Gasteiger partial charge in [-0.25, -0.2) is 9.78 Å². The Morgan fingerprint density at radius 2 is 2.17 bits per heavy atom. The number of anilines is 1. The summed E-state index contributed by atoms with van der Waals surface area (Å²) in [7, 11) is 5.44. The predicted molar refractivity (Wildman–Crippen MR) is 77.2 cm³/mol. The third-order valence-electron chi connectivity index (χ3n) is 2.17. The molecule has 1 rings (SSSR count). The molecule has 0 aliphatic rings. The maximum atomic E-state index is 11.3.